The summed E-state index contributed by atoms with van der Waals surface area (Å²) in [6.07, 6.45) is 0. The Hall–Kier alpha value is -1.71. The molecular weight excluding hydrogens is 319 g/mol. The molecule has 3 nitrogen and oxygen atoms in total. The minimum atomic E-state index is -0.519. The number of hydrogen-bond acceptors (Lipinski definition) is 1. The minimum Gasteiger partial charge on any atom is -0.329 e. The van der Waals surface area contributed by atoms with Crippen molar-refractivity contribution in [3.8, 4) is 0 Å². The molecule has 2 aromatic carbocycles. The van der Waals surface area contributed by atoms with Crippen molar-refractivity contribution in [2.45, 2.75) is 26.3 Å². The Balaban J connectivity index is 2.08. The zero-order chi connectivity index (χ0) is 16.3. The van der Waals surface area contributed by atoms with Gasteiger partial charge in [0.25, 0.3) is 0 Å². The number of hydrogen-bond donors (Lipinski definition) is 2. The molecule has 0 saturated heterocycles. The highest BCUT2D eigenvalue weighted by Crippen LogP contribution is 2.23. The van der Waals surface area contributed by atoms with Gasteiger partial charge in [0, 0.05) is 15.7 Å². The smallest absolute Gasteiger partial charge is 0.319 e. The monoisotopic (exact) mass is 336 g/mol. The van der Waals surface area contributed by atoms with Gasteiger partial charge in [0.15, 0.2) is 0 Å². The van der Waals surface area contributed by atoms with Crippen LogP contribution in [-0.4, -0.2) is 6.03 Å². The van der Waals surface area contributed by atoms with E-state index in [1.807, 2.05) is 51.1 Å². The topological polar surface area (TPSA) is 41.1 Å². The first kappa shape index (κ1) is 16.7. The number of halogens is 2. The molecule has 0 fully saturated rings. The SMILES string of the molecule is Cc1cc(Cl)ccc1NC(=O)NC(C)(C)c1ccc(Cl)cc1. The number of urea groups is 1. The lowest BCUT2D eigenvalue weighted by molar-refractivity contribution is 0.242. The van der Waals surface area contributed by atoms with Gasteiger partial charge in [-0.1, -0.05) is 35.3 Å². The van der Waals surface area contributed by atoms with Crippen LogP contribution in [0, 0.1) is 6.92 Å². The maximum atomic E-state index is 12.2. The molecule has 0 aromatic heterocycles. The molecule has 22 heavy (non-hydrogen) atoms. The van der Waals surface area contributed by atoms with Crippen LogP contribution in [0.5, 0.6) is 0 Å². The lowest BCUT2D eigenvalue weighted by atomic mass is 9.94. The summed E-state index contributed by atoms with van der Waals surface area (Å²) in [6, 6.07) is 12.5. The molecule has 0 atom stereocenters. The van der Waals surface area contributed by atoms with Crippen LogP contribution in [0.4, 0.5) is 10.5 Å². The summed E-state index contributed by atoms with van der Waals surface area (Å²) < 4.78 is 0. The average molecular weight is 337 g/mol. The number of carbonyl (C=O) groups excluding carboxylic acids is 1. The van der Waals surface area contributed by atoms with Crippen molar-refractivity contribution in [3.05, 3.63) is 63.6 Å². The van der Waals surface area contributed by atoms with Crippen molar-refractivity contribution < 1.29 is 4.79 Å². The molecule has 0 radical (unpaired) electrons. The summed E-state index contributed by atoms with van der Waals surface area (Å²) >= 11 is 11.8. The Morgan fingerprint density at radius 2 is 1.59 bits per heavy atom. The Kier molecular flexibility index (Phi) is 4.99. The van der Waals surface area contributed by atoms with E-state index >= 15 is 0 Å². The second-order valence-corrected chi connectivity index (χ2v) is 6.54. The second kappa shape index (κ2) is 6.59. The lowest BCUT2D eigenvalue weighted by Crippen LogP contribution is -2.43. The second-order valence-electron chi connectivity index (χ2n) is 5.67. The average Bonchev–Trinajstić information content (AvgIpc) is 2.42. The predicted octanol–water partition coefficient (Wildman–Crippen LogP) is 5.36. The molecule has 0 unspecified atom stereocenters. The summed E-state index contributed by atoms with van der Waals surface area (Å²) in [5.74, 6) is 0. The molecule has 0 heterocycles. The number of carbonyl (C=O) groups is 1. The number of benzene rings is 2. The van der Waals surface area contributed by atoms with Gasteiger partial charge in [-0.25, -0.2) is 4.79 Å². The van der Waals surface area contributed by atoms with Crippen LogP contribution in [0.3, 0.4) is 0 Å². The third kappa shape index (κ3) is 4.15. The molecular formula is C17H18Cl2N2O. The number of anilines is 1. The van der Waals surface area contributed by atoms with Crippen molar-refractivity contribution in [2.75, 3.05) is 5.32 Å². The molecule has 0 saturated carbocycles. The first-order valence-electron chi connectivity index (χ1n) is 6.89. The number of amides is 2. The zero-order valence-corrected chi connectivity index (χ0v) is 14.2. The van der Waals surface area contributed by atoms with Crippen molar-refractivity contribution in [1.82, 2.24) is 5.32 Å². The van der Waals surface area contributed by atoms with E-state index in [1.165, 1.54) is 0 Å². The van der Waals surface area contributed by atoms with E-state index in [4.69, 9.17) is 23.2 Å². The molecule has 2 aromatic rings. The van der Waals surface area contributed by atoms with Gasteiger partial charge in [0.1, 0.15) is 0 Å². The summed E-state index contributed by atoms with van der Waals surface area (Å²) in [7, 11) is 0. The van der Waals surface area contributed by atoms with Crippen molar-refractivity contribution in [3.63, 3.8) is 0 Å². The summed E-state index contributed by atoms with van der Waals surface area (Å²) in [5.41, 5.74) is 2.09. The van der Waals surface area contributed by atoms with E-state index in [1.54, 1.807) is 12.1 Å². The molecule has 0 spiro atoms. The molecule has 0 aliphatic carbocycles. The normalized spacial score (nSPS) is 11.1. The highest BCUT2D eigenvalue weighted by Gasteiger charge is 2.23. The molecule has 5 heteroatoms. The zero-order valence-electron chi connectivity index (χ0n) is 12.7. The highest BCUT2D eigenvalue weighted by molar-refractivity contribution is 6.31. The standard InChI is InChI=1S/C17H18Cl2N2O/c1-11-10-14(19)8-9-15(11)20-16(22)21-17(2,3)12-4-6-13(18)7-5-12/h4-10H,1-3H3,(H2,20,21,22). The van der Waals surface area contributed by atoms with E-state index < -0.39 is 5.54 Å². The third-order valence-corrected chi connectivity index (χ3v) is 3.92. The van der Waals surface area contributed by atoms with Crippen LogP contribution in [0.1, 0.15) is 25.0 Å². The highest BCUT2D eigenvalue weighted by atomic mass is 35.5. The van der Waals surface area contributed by atoms with E-state index in [2.05, 4.69) is 10.6 Å². The Labute approximate surface area is 140 Å². The molecule has 0 bridgehead atoms. The largest absolute Gasteiger partial charge is 0.329 e. The van der Waals surface area contributed by atoms with Gasteiger partial charge in [-0.05, 0) is 62.2 Å². The first-order chi connectivity index (χ1) is 10.3. The Morgan fingerprint density at radius 3 is 2.18 bits per heavy atom. The summed E-state index contributed by atoms with van der Waals surface area (Å²) in [6.45, 7) is 5.76. The maximum Gasteiger partial charge on any atom is 0.319 e. The molecule has 2 N–H and O–H groups in total. The van der Waals surface area contributed by atoms with E-state index in [0.29, 0.717) is 10.0 Å². The van der Waals surface area contributed by atoms with Gasteiger partial charge in [-0.15, -0.1) is 0 Å². The summed E-state index contributed by atoms with van der Waals surface area (Å²) in [4.78, 5) is 12.2. The van der Waals surface area contributed by atoms with Crippen LogP contribution >= 0.6 is 23.2 Å². The van der Waals surface area contributed by atoms with Gasteiger partial charge in [0.2, 0.25) is 0 Å². The van der Waals surface area contributed by atoms with E-state index in [0.717, 1.165) is 16.8 Å². The van der Waals surface area contributed by atoms with Crippen LogP contribution in [0.2, 0.25) is 10.0 Å². The van der Waals surface area contributed by atoms with Crippen LogP contribution in [0.25, 0.3) is 0 Å². The lowest BCUT2D eigenvalue weighted by Gasteiger charge is -2.27. The minimum absolute atomic E-state index is 0.273. The quantitative estimate of drug-likeness (QED) is 0.778. The fourth-order valence-corrected chi connectivity index (χ4v) is 2.50. The third-order valence-electron chi connectivity index (χ3n) is 3.43. The fourth-order valence-electron chi connectivity index (χ4n) is 2.14. The molecule has 2 rings (SSSR count). The van der Waals surface area contributed by atoms with Crippen molar-refractivity contribution in [2.24, 2.45) is 0 Å². The van der Waals surface area contributed by atoms with Crippen LogP contribution in [0.15, 0.2) is 42.5 Å². The Morgan fingerprint density at radius 1 is 1.00 bits per heavy atom. The van der Waals surface area contributed by atoms with Crippen molar-refractivity contribution in [1.29, 1.82) is 0 Å². The summed E-state index contributed by atoms with van der Waals surface area (Å²) in [5, 5.41) is 7.11. The van der Waals surface area contributed by atoms with E-state index in [9.17, 15) is 4.79 Å². The van der Waals surface area contributed by atoms with Gasteiger partial charge in [0.05, 0.1) is 5.54 Å². The Bertz CT molecular complexity index is 682. The first-order valence-corrected chi connectivity index (χ1v) is 7.65. The molecule has 0 aliphatic rings. The van der Waals surface area contributed by atoms with Crippen LogP contribution < -0.4 is 10.6 Å². The van der Waals surface area contributed by atoms with E-state index in [-0.39, 0.29) is 6.03 Å². The van der Waals surface area contributed by atoms with Gasteiger partial charge in [-0.3, -0.25) is 0 Å². The number of aryl methyl sites for hydroxylation is 1. The molecule has 0 aliphatic heterocycles. The molecule has 116 valence electrons. The van der Waals surface area contributed by atoms with Gasteiger partial charge in [-0.2, -0.15) is 0 Å². The van der Waals surface area contributed by atoms with Gasteiger partial charge < -0.3 is 10.6 Å². The molecule has 2 amide bonds. The maximum absolute atomic E-state index is 12.2. The fraction of sp³-hybridized carbons (Fsp3) is 0.235. The number of rotatable bonds is 3. The van der Waals surface area contributed by atoms with Gasteiger partial charge >= 0.3 is 6.03 Å². The van der Waals surface area contributed by atoms with Crippen LogP contribution in [-0.2, 0) is 5.54 Å². The number of nitrogens with one attached hydrogen (secondary N) is 2. The van der Waals surface area contributed by atoms with Crippen molar-refractivity contribution >= 4 is 34.9 Å². The predicted molar refractivity (Wildman–Crippen MR) is 92.8 cm³/mol.